The molecule has 25 heteroatoms. The van der Waals surface area contributed by atoms with E-state index < -0.39 is 107 Å². The maximum atomic E-state index is 11.6. The molecule has 398 valence electrons. The van der Waals surface area contributed by atoms with Gasteiger partial charge in [0.25, 0.3) is 0 Å². The lowest BCUT2D eigenvalue weighted by atomic mass is 10.4. The van der Waals surface area contributed by atoms with Gasteiger partial charge in [0.05, 0.1) is 13.2 Å². The summed E-state index contributed by atoms with van der Waals surface area (Å²) in [7, 11) is -24.7. The Labute approximate surface area is 425 Å². The normalized spacial score (nSPS) is 14.0. The topological polar surface area (TPSA) is 136 Å². The SMILES string of the molecule is C=C(C)C(=O)OCCC[Si](O[Si](C)(C)C)(O[Si](C)(C)C)O[Si](C)(C)C.C=CC(=O)OCCC[Si](O[Si](C)(C)C)(O[Si](C)(C)C)O[Si](C)(C)C.C=C[Si](O[Si](C)(C)C)(O[Si](C)(C)C)O[Si](C)(C)C. The van der Waals surface area contributed by atoms with E-state index in [9.17, 15) is 9.59 Å². The summed E-state index contributed by atoms with van der Waals surface area (Å²) >= 11 is 0. The first-order valence-electron chi connectivity index (χ1n) is 23.8. The predicted molar refractivity (Wildman–Crippen MR) is 313 cm³/mol. The minimum Gasteiger partial charge on any atom is -0.463 e. The van der Waals surface area contributed by atoms with Crippen molar-refractivity contribution < 1.29 is 56.1 Å². The number of rotatable bonds is 29. The minimum atomic E-state index is -2.83. The maximum Gasteiger partial charge on any atom is 0.497 e. The van der Waals surface area contributed by atoms with Crippen molar-refractivity contribution in [3.63, 3.8) is 0 Å². The molecule has 0 aliphatic rings. The molecule has 0 fully saturated rings. The quantitative estimate of drug-likeness (QED) is 0.0304. The number of ether oxygens (including phenoxy) is 2. The van der Waals surface area contributed by atoms with Crippen LogP contribution < -0.4 is 0 Å². The van der Waals surface area contributed by atoms with Crippen LogP contribution in [-0.2, 0) is 56.1 Å². The fourth-order valence-electron chi connectivity index (χ4n) is 5.80. The van der Waals surface area contributed by atoms with Crippen molar-refractivity contribution in [3.8, 4) is 0 Å². The Morgan fingerprint density at radius 3 is 0.791 bits per heavy atom. The third kappa shape index (κ3) is 43.7. The van der Waals surface area contributed by atoms with Crippen molar-refractivity contribution in [2.75, 3.05) is 13.2 Å². The lowest BCUT2D eigenvalue weighted by molar-refractivity contribution is -0.139. The molecule has 0 unspecified atom stereocenters. The van der Waals surface area contributed by atoms with Gasteiger partial charge in [0.2, 0.25) is 0 Å². The Morgan fingerprint density at radius 1 is 0.388 bits per heavy atom. The van der Waals surface area contributed by atoms with E-state index in [4.69, 9.17) is 46.5 Å². The number of hydrogen-bond acceptors (Lipinski definition) is 13. The molecule has 67 heavy (non-hydrogen) atoms. The predicted octanol–water partition coefficient (Wildman–Crippen LogP) is 13.8. The Kier molecular flexibility index (Phi) is 30.1. The van der Waals surface area contributed by atoms with Gasteiger partial charge in [-0.2, -0.15) is 0 Å². The van der Waals surface area contributed by atoms with Crippen LogP contribution >= 0.6 is 0 Å². The van der Waals surface area contributed by atoms with Crippen LogP contribution in [0, 0.1) is 0 Å². The monoisotopic (exact) mass is 1150 g/mol. The molecule has 13 nitrogen and oxygen atoms in total. The van der Waals surface area contributed by atoms with E-state index in [2.05, 4.69) is 197 Å². The number of esters is 2. The average molecular weight is 1150 g/mol. The Hall–Kier alpha value is 0.403. The Morgan fingerprint density at radius 2 is 0.612 bits per heavy atom. The van der Waals surface area contributed by atoms with E-state index in [1.54, 1.807) is 6.92 Å². The summed E-state index contributed by atoms with van der Waals surface area (Å²) in [6.07, 6.45) is 2.52. The summed E-state index contributed by atoms with van der Waals surface area (Å²) in [5, 5.41) is 0. The van der Waals surface area contributed by atoms with E-state index in [1.165, 1.54) is 6.08 Å². The van der Waals surface area contributed by atoms with Gasteiger partial charge in [-0.05, 0) is 202 Å². The van der Waals surface area contributed by atoms with Gasteiger partial charge in [-0.3, -0.25) is 0 Å². The minimum absolute atomic E-state index is 0.332. The first-order valence-corrected chi connectivity index (χ1v) is 60.1. The second kappa shape index (κ2) is 28.2. The molecule has 0 aromatic carbocycles. The fraction of sp³-hybridized carbons (Fsp3) is 0.810. The highest BCUT2D eigenvalue weighted by Crippen LogP contribution is 2.32. The molecule has 0 aliphatic heterocycles. The van der Waals surface area contributed by atoms with Crippen LogP contribution in [0.25, 0.3) is 0 Å². The standard InChI is InChI=1S/C16H38O5Si4.C15H36O5Si4.C11H30O3Si4/c1-15(2)16(17)18-13-12-14-25(19-22(3,4)5,20-23(6,7)8)21-24(9,10)11;1-11-15(16)17-13-12-14-24(18-21(2,3)4,19-22(5,6)7)20-23(8,9)10;1-11-18(12-15(2,3)4,13-16(5,6)7)14-17(8,9)10/h1,12-14H2,2-11H3;11H,1,12-14H2,2-10H3;11H,1H2,2-10H3. The van der Waals surface area contributed by atoms with Crippen LogP contribution in [0.3, 0.4) is 0 Å². The number of carbonyl (C=O) groups is 2. The maximum absolute atomic E-state index is 11.6. The van der Waals surface area contributed by atoms with Crippen LogP contribution in [-0.4, -0.2) is 126 Å². The molecule has 0 rings (SSSR count). The summed E-state index contributed by atoms with van der Waals surface area (Å²) in [5.74, 6) is -0.749. The fourth-order valence-corrected chi connectivity index (χ4v) is 47.9. The molecule has 0 saturated carbocycles. The van der Waals surface area contributed by atoms with Crippen molar-refractivity contribution in [1.82, 2.24) is 0 Å². The third-order valence-electron chi connectivity index (χ3n) is 6.61. The highest BCUT2D eigenvalue weighted by atomic mass is 28.5. The van der Waals surface area contributed by atoms with Gasteiger partial charge in [0.1, 0.15) is 0 Å². The van der Waals surface area contributed by atoms with Crippen molar-refractivity contribution in [1.29, 1.82) is 0 Å². The Balaban J connectivity index is -0.000000930. The molecule has 0 atom stereocenters. The highest BCUT2D eigenvalue weighted by molar-refractivity contribution is 6.93. The first-order chi connectivity index (χ1) is 29.2. The van der Waals surface area contributed by atoms with Gasteiger partial charge in [-0.15, -0.1) is 6.58 Å². The number of hydrogen-bond donors (Lipinski definition) is 0. The van der Waals surface area contributed by atoms with Gasteiger partial charge in [0.15, 0.2) is 74.9 Å². The van der Waals surface area contributed by atoms with Gasteiger partial charge in [-0.1, -0.05) is 13.2 Å². The van der Waals surface area contributed by atoms with E-state index in [1.807, 2.05) is 5.70 Å². The van der Waals surface area contributed by atoms with Crippen LogP contribution in [0.1, 0.15) is 19.8 Å². The molecule has 0 radical (unpaired) electrons. The van der Waals surface area contributed by atoms with Gasteiger partial charge in [0, 0.05) is 23.7 Å². The second-order valence-corrected chi connectivity index (χ2v) is 76.3. The molecular weight excluding hydrogens is 1050 g/mol. The number of carbonyl (C=O) groups excluding carboxylic acids is 2. The zero-order valence-electron chi connectivity index (χ0n) is 48.3. The first kappa shape index (κ1) is 71.7. The van der Waals surface area contributed by atoms with Crippen molar-refractivity contribution in [3.05, 3.63) is 37.1 Å². The summed E-state index contributed by atoms with van der Waals surface area (Å²) in [6.45, 7) is 71.7. The molecule has 0 aliphatic carbocycles. The smallest absolute Gasteiger partial charge is 0.463 e. The van der Waals surface area contributed by atoms with Gasteiger partial charge < -0.3 is 46.5 Å². The molecule has 0 N–H and O–H groups in total. The molecule has 0 amide bonds. The van der Waals surface area contributed by atoms with Crippen molar-refractivity contribution in [2.24, 2.45) is 0 Å². The lowest BCUT2D eigenvalue weighted by Crippen LogP contribution is -2.60. The van der Waals surface area contributed by atoms with Crippen LogP contribution in [0.4, 0.5) is 0 Å². The second-order valence-electron chi connectivity index (χ2n) is 25.6. The van der Waals surface area contributed by atoms with E-state index in [0.717, 1.165) is 0 Å². The molecule has 0 aromatic rings. The van der Waals surface area contributed by atoms with E-state index in [0.29, 0.717) is 43.7 Å². The summed E-state index contributed by atoms with van der Waals surface area (Å²) in [4.78, 5) is 22.8. The van der Waals surface area contributed by atoms with Crippen molar-refractivity contribution in [2.45, 2.75) is 209 Å². The molecule has 0 heterocycles. The molecule has 0 aromatic heterocycles. The average Bonchev–Trinajstić information content (AvgIpc) is 2.97. The van der Waals surface area contributed by atoms with E-state index >= 15 is 0 Å². The van der Waals surface area contributed by atoms with Crippen molar-refractivity contribution >= 4 is 113 Å². The highest BCUT2D eigenvalue weighted by Gasteiger charge is 2.51. The summed E-state index contributed by atoms with van der Waals surface area (Å²) < 4.78 is 68.7. The van der Waals surface area contributed by atoms with Crippen LogP contribution in [0.15, 0.2) is 37.1 Å². The summed E-state index contributed by atoms with van der Waals surface area (Å²) in [6, 6.07) is 1.35. The summed E-state index contributed by atoms with van der Waals surface area (Å²) in [5.41, 5.74) is 2.24. The third-order valence-corrected chi connectivity index (χ3v) is 42.0. The molecular formula is C42H104O13Si12. The van der Waals surface area contributed by atoms with E-state index in [-0.39, 0.29) is 5.97 Å². The van der Waals surface area contributed by atoms with Gasteiger partial charge in [-0.25, -0.2) is 9.59 Å². The molecule has 0 saturated heterocycles. The Bertz CT molecular complexity index is 1400. The zero-order chi connectivity index (χ0) is 54.2. The largest absolute Gasteiger partial charge is 0.497 e. The van der Waals surface area contributed by atoms with Crippen LogP contribution in [0.2, 0.25) is 189 Å². The van der Waals surface area contributed by atoms with Gasteiger partial charge >= 0.3 is 38.4 Å². The van der Waals surface area contributed by atoms with Crippen LogP contribution in [0.5, 0.6) is 0 Å². The lowest BCUT2D eigenvalue weighted by Gasteiger charge is -2.43. The zero-order valence-corrected chi connectivity index (χ0v) is 60.3. The molecule has 0 bridgehead atoms. The molecule has 0 spiro atoms.